The number of carbonyl (C=O) groups excluding carboxylic acids is 2. The van der Waals surface area contributed by atoms with E-state index in [4.69, 9.17) is 9.73 Å². The van der Waals surface area contributed by atoms with Gasteiger partial charge in [-0.05, 0) is 54.8 Å². The second-order valence-electron chi connectivity index (χ2n) is 7.42. The Morgan fingerprint density at radius 2 is 1.59 bits per heavy atom. The predicted molar refractivity (Wildman–Crippen MR) is 153 cm³/mol. The number of hydrazine groups is 1. The molecule has 0 saturated carbocycles. The Morgan fingerprint density at radius 3 is 2.24 bits per heavy atom. The van der Waals surface area contributed by atoms with Crippen molar-refractivity contribution in [2.75, 3.05) is 7.11 Å². The van der Waals surface area contributed by atoms with Crippen molar-refractivity contribution < 1.29 is 14.3 Å². The highest BCUT2D eigenvalue weighted by Crippen LogP contribution is 2.31. The molecule has 2 amide bonds. The number of hydrogen-bond donors (Lipinski definition) is 2. The summed E-state index contributed by atoms with van der Waals surface area (Å²) in [7, 11) is 1.68. The number of hydrogen-bond acceptors (Lipinski definition) is 5. The molecule has 0 spiro atoms. The Labute approximate surface area is 223 Å². The Kier molecular flexibility index (Phi) is 12.4. The lowest BCUT2D eigenvalue weighted by atomic mass is 10.0. The molecule has 192 valence electrons. The Hall–Kier alpha value is -4.10. The molecule has 0 bridgehead atoms. The standard InChI is InChI=1S/C17H15NOS.C11H12N2O2.C2H6/c1-12-11-20-16-6-4-3-5-15(16)17(18-12)13-7-9-14(19-2)10-8-13;1-2-6-10(14)12-13-11(15)9-7-4-3-5-8-9;1-2/h3-11H,1-2H3;2-5,7-8H,1,6H2,(H,12,14)(H,13,15);1-2H3. The fourth-order valence-electron chi connectivity index (χ4n) is 3.12. The molecule has 1 aliphatic rings. The summed E-state index contributed by atoms with van der Waals surface area (Å²) in [5.74, 6) is 0.222. The van der Waals surface area contributed by atoms with Crippen LogP contribution in [0, 0.1) is 0 Å². The number of benzene rings is 3. The summed E-state index contributed by atoms with van der Waals surface area (Å²) >= 11 is 1.72. The monoisotopic (exact) mass is 515 g/mol. The molecule has 2 N–H and O–H groups in total. The molecule has 7 heteroatoms. The lowest BCUT2D eigenvalue weighted by Crippen LogP contribution is -2.41. The second kappa shape index (κ2) is 15.8. The summed E-state index contributed by atoms with van der Waals surface area (Å²) in [6, 6.07) is 25.1. The van der Waals surface area contributed by atoms with Crippen LogP contribution >= 0.6 is 11.8 Å². The van der Waals surface area contributed by atoms with Crippen molar-refractivity contribution in [2.24, 2.45) is 4.99 Å². The maximum Gasteiger partial charge on any atom is 0.269 e. The van der Waals surface area contributed by atoms with E-state index in [-0.39, 0.29) is 18.2 Å². The third-order valence-corrected chi connectivity index (χ3v) is 5.90. The van der Waals surface area contributed by atoms with Gasteiger partial charge in [0.2, 0.25) is 5.91 Å². The van der Waals surface area contributed by atoms with Gasteiger partial charge in [0.25, 0.3) is 5.91 Å². The second-order valence-corrected chi connectivity index (χ2v) is 8.33. The van der Waals surface area contributed by atoms with Crippen molar-refractivity contribution in [1.82, 2.24) is 10.9 Å². The molecule has 0 aromatic heterocycles. The lowest BCUT2D eigenvalue weighted by Gasteiger charge is -2.10. The number of aliphatic imine (C=N–C) groups is 1. The van der Waals surface area contributed by atoms with Crippen molar-refractivity contribution in [3.8, 4) is 5.75 Å². The van der Waals surface area contributed by atoms with Crippen LogP contribution in [-0.4, -0.2) is 24.6 Å². The van der Waals surface area contributed by atoms with Crippen LogP contribution in [0.1, 0.15) is 48.7 Å². The van der Waals surface area contributed by atoms with Gasteiger partial charge in [0.05, 0.1) is 12.8 Å². The molecule has 0 saturated heterocycles. The molecule has 3 aromatic rings. The average Bonchev–Trinajstić information content (AvgIpc) is 3.12. The van der Waals surface area contributed by atoms with E-state index >= 15 is 0 Å². The average molecular weight is 516 g/mol. The van der Waals surface area contributed by atoms with Gasteiger partial charge in [-0.2, -0.15) is 0 Å². The van der Waals surface area contributed by atoms with Gasteiger partial charge >= 0.3 is 0 Å². The quantitative estimate of drug-likeness (QED) is 0.298. The molecule has 4 rings (SSSR count). The number of carbonyl (C=O) groups is 2. The van der Waals surface area contributed by atoms with Gasteiger partial charge in [0.1, 0.15) is 5.75 Å². The number of amides is 2. The molecule has 0 atom stereocenters. The number of thioether (sulfide) groups is 1. The highest BCUT2D eigenvalue weighted by molar-refractivity contribution is 8.02. The van der Waals surface area contributed by atoms with E-state index in [0.717, 1.165) is 22.7 Å². The zero-order valence-electron chi connectivity index (χ0n) is 21.7. The summed E-state index contributed by atoms with van der Waals surface area (Å²) in [5.41, 5.74) is 9.39. The maximum atomic E-state index is 11.4. The minimum absolute atomic E-state index is 0.176. The molecule has 1 heterocycles. The van der Waals surface area contributed by atoms with Gasteiger partial charge in [-0.15, -0.1) is 6.58 Å². The van der Waals surface area contributed by atoms with Crippen molar-refractivity contribution in [3.05, 3.63) is 119 Å². The molecular weight excluding hydrogens is 482 g/mol. The fourth-order valence-corrected chi connectivity index (χ4v) is 3.92. The topological polar surface area (TPSA) is 79.8 Å². The van der Waals surface area contributed by atoms with E-state index < -0.39 is 0 Å². The highest BCUT2D eigenvalue weighted by atomic mass is 32.2. The van der Waals surface area contributed by atoms with Crippen LogP contribution in [-0.2, 0) is 4.79 Å². The molecule has 3 aromatic carbocycles. The first-order valence-electron chi connectivity index (χ1n) is 11.9. The van der Waals surface area contributed by atoms with Gasteiger partial charge in [0.15, 0.2) is 0 Å². The Morgan fingerprint density at radius 1 is 0.946 bits per heavy atom. The van der Waals surface area contributed by atoms with E-state index in [1.807, 2.05) is 39.0 Å². The first kappa shape index (κ1) is 29.1. The fraction of sp³-hybridized carbons (Fsp3) is 0.167. The maximum absolute atomic E-state index is 11.4. The van der Waals surface area contributed by atoms with E-state index in [9.17, 15) is 9.59 Å². The zero-order valence-corrected chi connectivity index (χ0v) is 22.5. The third-order valence-electron chi connectivity index (χ3n) is 4.83. The summed E-state index contributed by atoms with van der Waals surface area (Å²) < 4.78 is 5.22. The molecular formula is C30H33N3O3S. The SMILES string of the molecule is C=CCC(=O)NNC(=O)c1ccccc1.CC.COc1ccc(C2=NC(C)=CSc3ccccc32)cc1. The smallest absolute Gasteiger partial charge is 0.269 e. The number of allylic oxidation sites excluding steroid dienone is 1. The van der Waals surface area contributed by atoms with Gasteiger partial charge in [0, 0.05) is 33.7 Å². The van der Waals surface area contributed by atoms with Crippen LogP contribution in [0.5, 0.6) is 5.75 Å². The summed E-state index contributed by atoms with van der Waals surface area (Å²) in [5, 5.41) is 2.09. The normalized spacial score (nSPS) is 11.4. The third kappa shape index (κ3) is 9.13. The molecule has 0 unspecified atom stereocenters. The van der Waals surface area contributed by atoms with E-state index in [2.05, 4.69) is 59.2 Å². The van der Waals surface area contributed by atoms with Crippen LogP contribution in [0.4, 0.5) is 0 Å². The van der Waals surface area contributed by atoms with Crippen molar-refractivity contribution >= 4 is 29.3 Å². The van der Waals surface area contributed by atoms with Gasteiger partial charge in [-0.3, -0.25) is 25.4 Å². The van der Waals surface area contributed by atoms with E-state index in [0.29, 0.717) is 5.56 Å². The van der Waals surface area contributed by atoms with Gasteiger partial charge in [-0.25, -0.2) is 0 Å². The van der Waals surface area contributed by atoms with Crippen molar-refractivity contribution in [3.63, 3.8) is 0 Å². The van der Waals surface area contributed by atoms with Crippen LogP contribution in [0.2, 0.25) is 0 Å². The first-order chi connectivity index (χ1) is 18.0. The summed E-state index contributed by atoms with van der Waals surface area (Å²) in [4.78, 5) is 28.4. The predicted octanol–water partition coefficient (Wildman–Crippen LogP) is 6.55. The van der Waals surface area contributed by atoms with Crippen LogP contribution in [0.3, 0.4) is 0 Å². The van der Waals surface area contributed by atoms with Gasteiger partial charge in [-0.1, -0.05) is 68.1 Å². The van der Waals surface area contributed by atoms with Crippen LogP contribution in [0.15, 0.2) is 113 Å². The number of ether oxygens (including phenoxy) is 1. The number of fused-ring (bicyclic) bond motifs is 1. The van der Waals surface area contributed by atoms with Gasteiger partial charge < -0.3 is 4.74 Å². The first-order valence-corrected chi connectivity index (χ1v) is 12.8. The van der Waals surface area contributed by atoms with Crippen LogP contribution < -0.4 is 15.6 Å². The lowest BCUT2D eigenvalue weighted by molar-refractivity contribution is -0.121. The largest absolute Gasteiger partial charge is 0.497 e. The number of nitrogens with zero attached hydrogens (tertiary/aromatic N) is 1. The minimum Gasteiger partial charge on any atom is -0.497 e. The summed E-state index contributed by atoms with van der Waals surface area (Å²) in [6.45, 7) is 9.44. The summed E-state index contributed by atoms with van der Waals surface area (Å²) in [6.07, 6.45) is 1.64. The number of nitrogens with one attached hydrogen (secondary N) is 2. The molecule has 1 aliphatic heterocycles. The number of methoxy groups -OCH3 is 1. The Balaban J connectivity index is 0.000000254. The molecule has 6 nitrogen and oxygen atoms in total. The van der Waals surface area contributed by atoms with Crippen molar-refractivity contribution in [1.29, 1.82) is 0 Å². The van der Waals surface area contributed by atoms with E-state index in [1.54, 1.807) is 43.1 Å². The molecule has 0 fully saturated rings. The van der Waals surface area contributed by atoms with E-state index in [1.165, 1.54) is 16.5 Å². The zero-order chi connectivity index (χ0) is 27.0. The van der Waals surface area contributed by atoms with Crippen LogP contribution in [0.25, 0.3) is 0 Å². The minimum atomic E-state index is -0.340. The molecule has 0 radical (unpaired) electrons. The molecule has 0 aliphatic carbocycles. The Bertz CT molecular complexity index is 1240. The molecule has 37 heavy (non-hydrogen) atoms. The highest BCUT2D eigenvalue weighted by Gasteiger charge is 2.14. The van der Waals surface area contributed by atoms with Crippen molar-refractivity contribution in [2.45, 2.75) is 32.1 Å². The number of rotatable bonds is 5.